The molecule has 0 aliphatic carbocycles. The number of carbonyl (C=O) groups excluding carboxylic acids is 1. The van der Waals surface area contributed by atoms with Gasteiger partial charge in [0, 0.05) is 19.0 Å². The van der Waals surface area contributed by atoms with Gasteiger partial charge in [0.05, 0.1) is 6.04 Å². The molecule has 17 heavy (non-hydrogen) atoms. The largest absolute Gasteiger partial charge is 0.273 e. The quantitative estimate of drug-likeness (QED) is 0.738. The second-order valence-electron chi connectivity index (χ2n) is 6.23. The zero-order valence-corrected chi connectivity index (χ0v) is 11.6. The Labute approximate surface area is 105 Å². The molecule has 2 atom stereocenters. The van der Waals surface area contributed by atoms with Crippen LogP contribution in [-0.2, 0) is 4.79 Å². The van der Waals surface area contributed by atoms with Crippen molar-refractivity contribution in [2.45, 2.75) is 53.0 Å². The lowest BCUT2D eigenvalue weighted by atomic mass is 9.89. The molecule has 1 amide bonds. The maximum absolute atomic E-state index is 12.7. The molecule has 0 aromatic heterocycles. The van der Waals surface area contributed by atoms with Crippen molar-refractivity contribution in [1.82, 2.24) is 10.0 Å². The highest BCUT2D eigenvalue weighted by atomic mass is 16.2. The summed E-state index contributed by atoms with van der Waals surface area (Å²) in [6.07, 6.45) is 3.37. The summed E-state index contributed by atoms with van der Waals surface area (Å²) in [6.45, 7) is 11.0. The Balaban J connectivity index is 2.21. The molecule has 2 fully saturated rings. The molecule has 0 aromatic rings. The summed E-state index contributed by atoms with van der Waals surface area (Å²) in [5, 5.41) is 4.41. The molecular formula is C14H26N2O. The van der Waals surface area contributed by atoms with Gasteiger partial charge in [0.1, 0.15) is 0 Å². The first-order valence-electron chi connectivity index (χ1n) is 7.10. The van der Waals surface area contributed by atoms with Crippen LogP contribution in [-0.4, -0.2) is 35.1 Å². The Kier molecular flexibility index (Phi) is 3.76. The van der Waals surface area contributed by atoms with E-state index in [1.54, 1.807) is 0 Å². The minimum atomic E-state index is 0.236. The van der Waals surface area contributed by atoms with Crippen LogP contribution in [0.3, 0.4) is 0 Å². The van der Waals surface area contributed by atoms with Gasteiger partial charge in [-0.2, -0.15) is 0 Å². The zero-order valence-electron chi connectivity index (χ0n) is 11.6. The van der Waals surface area contributed by atoms with Crippen molar-refractivity contribution in [2.24, 2.45) is 17.8 Å². The Morgan fingerprint density at radius 2 is 1.76 bits per heavy atom. The van der Waals surface area contributed by atoms with Crippen molar-refractivity contribution in [1.29, 1.82) is 0 Å². The molecule has 2 rings (SSSR count). The van der Waals surface area contributed by atoms with Gasteiger partial charge in [0.2, 0.25) is 5.91 Å². The van der Waals surface area contributed by atoms with Crippen LogP contribution >= 0.6 is 0 Å². The highest BCUT2D eigenvalue weighted by Crippen LogP contribution is 2.32. The summed E-state index contributed by atoms with van der Waals surface area (Å²) < 4.78 is 0. The molecule has 2 heterocycles. The van der Waals surface area contributed by atoms with Crippen molar-refractivity contribution >= 4 is 5.91 Å². The fraction of sp³-hybridized carbons (Fsp3) is 0.929. The van der Waals surface area contributed by atoms with E-state index in [1.807, 2.05) is 0 Å². The number of hydrogen-bond acceptors (Lipinski definition) is 2. The topological polar surface area (TPSA) is 23.6 Å². The molecule has 0 bridgehead atoms. The second-order valence-corrected chi connectivity index (χ2v) is 6.23. The average Bonchev–Trinajstić information content (AvgIpc) is 2.60. The first-order valence-corrected chi connectivity index (χ1v) is 7.10. The summed E-state index contributed by atoms with van der Waals surface area (Å²) >= 11 is 0. The van der Waals surface area contributed by atoms with Gasteiger partial charge < -0.3 is 0 Å². The second kappa shape index (κ2) is 4.97. The Bertz CT molecular complexity index is 288. The molecule has 2 aliphatic heterocycles. The molecular weight excluding hydrogens is 212 g/mol. The normalized spacial score (nSPS) is 31.2. The highest BCUT2D eigenvalue weighted by molar-refractivity contribution is 5.79. The van der Waals surface area contributed by atoms with Gasteiger partial charge >= 0.3 is 0 Å². The Hall–Kier alpha value is -0.570. The molecule has 1 unspecified atom stereocenters. The Morgan fingerprint density at radius 3 is 2.35 bits per heavy atom. The number of carbonyl (C=O) groups is 1. The fourth-order valence-corrected chi connectivity index (χ4v) is 3.26. The van der Waals surface area contributed by atoms with Crippen LogP contribution in [0.4, 0.5) is 0 Å². The molecule has 0 radical (unpaired) electrons. The smallest absolute Gasteiger partial charge is 0.240 e. The Morgan fingerprint density at radius 1 is 1.06 bits per heavy atom. The van der Waals surface area contributed by atoms with Crippen molar-refractivity contribution < 1.29 is 4.79 Å². The number of rotatable bonds is 2. The monoisotopic (exact) mass is 238 g/mol. The van der Waals surface area contributed by atoms with Gasteiger partial charge in [0.25, 0.3) is 0 Å². The number of hydrazine groups is 1. The summed E-state index contributed by atoms with van der Waals surface area (Å²) in [4.78, 5) is 12.7. The first-order chi connectivity index (χ1) is 8.02. The van der Waals surface area contributed by atoms with Crippen LogP contribution in [0.15, 0.2) is 0 Å². The van der Waals surface area contributed by atoms with Gasteiger partial charge in [-0.1, -0.05) is 27.7 Å². The molecule has 0 aromatic carbocycles. The van der Waals surface area contributed by atoms with Gasteiger partial charge in [-0.05, 0) is 31.1 Å². The van der Waals surface area contributed by atoms with Crippen LogP contribution in [0.5, 0.6) is 0 Å². The number of fused-ring (bicyclic) bond motifs is 1. The maximum Gasteiger partial charge on any atom is 0.240 e. The number of hydrogen-bond donors (Lipinski definition) is 0. The van der Waals surface area contributed by atoms with Gasteiger partial charge in [-0.3, -0.25) is 9.80 Å². The molecule has 0 spiro atoms. The lowest BCUT2D eigenvalue weighted by Gasteiger charge is -2.34. The number of nitrogens with zero attached hydrogens (tertiary/aromatic N) is 2. The van der Waals surface area contributed by atoms with E-state index in [9.17, 15) is 4.79 Å². The average molecular weight is 238 g/mol. The summed E-state index contributed by atoms with van der Waals surface area (Å²) in [7, 11) is 0. The minimum absolute atomic E-state index is 0.236. The van der Waals surface area contributed by atoms with Crippen molar-refractivity contribution in [2.75, 3.05) is 13.1 Å². The van der Waals surface area contributed by atoms with Crippen molar-refractivity contribution in [3.8, 4) is 0 Å². The molecule has 0 N–H and O–H groups in total. The van der Waals surface area contributed by atoms with E-state index < -0.39 is 0 Å². The van der Waals surface area contributed by atoms with Crippen LogP contribution in [0.1, 0.15) is 47.0 Å². The lowest BCUT2D eigenvalue weighted by molar-refractivity contribution is -0.152. The van der Waals surface area contributed by atoms with Gasteiger partial charge in [0.15, 0.2) is 0 Å². The van der Waals surface area contributed by atoms with Crippen LogP contribution in [0.25, 0.3) is 0 Å². The van der Waals surface area contributed by atoms with E-state index >= 15 is 0 Å². The summed E-state index contributed by atoms with van der Waals surface area (Å²) in [6, 6.07) is 0.432. The summed E-state index contributed by atoms with van der Waals surface area (Å²) in [5.74, 6) is 1.65. The minimum Gasteiger partial charge on any atom is -0.273 e. The number of amides is 1. The van der Waals surface area contributed by atoms with Crippen LogP contribution < -0.4 is 0 Å². The molecule has 0 saturated carbocycles. The van der Waals surface area contributed by atoms with Gasteiger partial charge in [-0.25, -0.2) is 5.01 Å². The van der Waals surface area contributed by atoms with Crippen molar-refractivity contribution in [3.63, 3.8) is 0 Å². The predicted octanol–water partition coefficient (Wildman–Crippen LogP) is 2.53. The van der Waals surface area contributed by atoms with E-state index in [1.165, 1.54) is 0 Å². The lowest BCUT2D eigenvalue weighted by Crippen LogP contribution is -2.48. The molecule has 2 aliphatic rings. The molecule has 3 heteroatoms. The van der Waals surface area contributed by atoms with E-state index in [-0.39, 0.29) is 5.92 Å². The van der Waals surface area contributed by atoms with E-state index in [0.29, 0.717) is 23.8 Å². The third-order valence-electron chi connectivity index (χ3n) is 4.35. The standard InChI is InChI=1S/C14H26N2O/c1-10(2)12-6-5-8-15-9-7-13(11(3)4)16(15)14(12)17/h10-13H,5-9H2,1-4H3/t12-,13?/m1/s1. The fourth-order valence-electron chi connectivity index (χ4n) is 3.26. The van der Waals surface area contributed by atoms with E-state index in [0.717, 1.165) is 32.4 Å². The molecule has 3 nitrogen and oxygen atoms in total. The third-order valence-corrected chi connectivity index (χ3v) is 4.35. The maximum atomic E-state index is 12.7. The van der Waals surface area contributed by atoms with E-state index in [2.05, 4.69) is 37.7 Å². The van der Waals surface area contributed by atoms with Crippen LogP contribution in [0, 0.1) is 17.8 Å². The molecule has 2 saturated heterocycles. The van der Waals surface area contributed by atoms with Crippen molar-refractivity contribution in [3.05, 3.63) is 0 Å². The van der Waals surface area contributed by atoms with E-state index in [4.69, 9.17) is 0 Å². The highest BCUT2D eigenvalue weighted by Gasteiger charge is 2.41. The molecule has 98 valence electrons. The zero-order chi connectivity index (χ0) is 12.6. The predicted molar refractivity (Wildman–Crippen MR) is 69.2 cm³/mol. The SMILES string of the molecule is CC(C)C1CCN2CCC[C@H](C(C)C)C(=O)N12. The first kappa shape index (κ1) is 12.9. The summed E-state index contributed by atoms with van der Waals surface area (Å²) in [5.41, 5.74) is 0. The third kappa shape index (κ3) is 2.35. The van der Waals surface area contributed by atoms with Crippen LogP contribution in [0.2, 0.25) is 0 Å². The van der Waals surface area contributed by atoms with Gasteiger partial charge in [-0.15, -0.1) is 0 Å².